The second kappa shape index (κ2) is 15.1. The summed E-state index contributed by atoms with van der Waals surface area (Å²) in [5, 5.41) is 12.6. The topological polar surface area (TPSA) is 86.0 Å². The van der Waals surface area contributed by atoms with Gasteiger partial charge in [0, 0.05) is 37.0 Å². The van der Waals surface area contributed by atoms with Crippen molar-refractivity contribution >= 4 is 11.6 Å². The number of nitrogens with one attached hydrogen (secondary N) is 1. The van der Waals surface area contributed by atoms with Crippen molar-refractivity contribution in [3.63, 3.8) is 0 Å². The van der Waals surface area contributed by atoms with Gasteiger partial charge in [-0.2, -0.15) is 0 Å². The van der Waals surface area contributed by atoms with Gasteiger partial charge in [0.2, 0.25) is 0 Å². The third-order valence-corrected chi connectivity index (χ3v) is 4.33. The van der Waals surface area contributed by atoms with E-state index in [0.717, 1.165) is 6.42 Å². The molecule has 0 aromatic heterocycles. The van der Waals surface area contributed by atoms with E-state index in [0.29, 0.717) is 38.9 Å². The average molecular weight is 383 g/mol. The van der Waals surface area contributed by atoms with Gasteiger partial charge in [-0.25, -0.2) is 0 Å². The molecule has 0 spiro atoms. The molecule has 0 rings (SSSR count). The highest BCUT2D eigenvalue weighted by molar-refractivity contribution is 6.18. The van der Waals surface area contributed by atoms with Gasteiger partial charge in [0.25, 0.3) is 0 Å². The Balaban J connectivity index is 3.72. The molecule has 0 saturated carbocycles. The third kappa shape index (κ3) is 14.9. The summed E-state index contributed by atoms with van der Waals surface area (Å²) >= 11 is 5.56. The van der Waals surface area contributed by atoms with Crippen LogP contribution in [0.1, 0.15) is 41.0 Å². The van der Waals surface area contributed by atoms with E-state index in [9.17, 15) is 5.11 Å². The number of hydrogen-bond acceptors (Lipinski definition) is 6. The van der Waals surface area contributed by atoms with E-state index in [1.165, 1.54) is 0 Å². The Morgan fingerprint density at radius 2 is 1.72 bits per heavy atom. The van der Waals surface area contributed by atoms with Gasteiger partial charge in [-0.05, 0) is 34.1 Å². The van der Waals surface area contributed by atoms with Gasteiger partial charge in [0.15, 0.2) is 0 Å². The van der Waals surface area contributed by atoms with E-state index < -0.39 is 6.10 Å². The lowest BCUT2D eigenvalue weighted by molar-refractivity contribution is -0.0283. The summed E-state index contributed by atoms with van der Waals surface area (Å²) in [7, 11) is 0. The van der Waals surface area contributed by atoms with Gasteiger partial charge < -0.3 is 30.4 Å². The molecule has 0 aromatic rings. The fraction of sp³-hybridized carbons (Fsp3) is 1.00. The standard InChI is InChI=1S/C18H39ClN2O4/c1-13(10-23-12-15(3)21-9-18(22)8-19)17(5)24-7-6-16(4)25-11-14(2)20/h13-18,21-22H,6-12,20H2,1-5H3. The van der Waals surface area contributed by atoms with Crippen molar-refractivity contribution in [3.05, 3.63) is 0 Å². The molecule has 7 heteroatoms. The first-order chi connectivity index (χ1) is 11.8. The van der Waals surface area contributed by atoms with Crippen LogP contribution in [-0.2, 0) is 14.2 Å². The third-order valence-electron chi connectivity index (χ3n) is 3.98. The summed E-state index contributed by atoms with van der Waals surface area (Å²) in [5.74, 6) is 0.544. The summed E-state index contributed by atoms with van der Waals surface area (Å²) in [5.41, 5.74) is 5.67. The maximum Gasteiger partial charge on any atom is 0.0799 e. The maximum absolute atomic E-state index is 9.41. The van der Waals surface area contributed by atoms with Crippen LogP contribution in [0.25, 0.3) is 0 Å². The van der Waals surface area contributed by atoms with Gasteiger partial charge >= 0.3 is 0 Å². The van der Waals surface area contributed by atoms with Gasteiger partial charge in [-0.15, -0.1) is 11.6 Å². The van der Waals surface area contributed by atoms with Crippen LogP contribution < -0.4 is 11.1 Å². The molecule has 6 atom stereocenters. The molecule has 0 aliphatic carbocycles. The van der Waals surface area contributed by atoms with Crippen molar-refractivity contribution in [2.75, 3.05) is 38.9 Å². The van der Waals surface area contributed by atoms with Crippen molar-refractivity contribution in [2.24, 2.45) is 11.7 Å². The molecule has 0 heterocycles. The molecule has 0 bridgehead atoms. The molecule has 0 saturated heterocycles. The molecule has 0 aliphatic rings. The van der Waals surface area contributed by atoms with Gasteiger partial charge in [-0.3, -0.25) is 0 Å². The molecule has 6 nitrogen and oxygen atoms in total. The van der Waals surface area contributed by atoms with E-state index in [1.807, 2.05) is 20.8 Å². The largest absolute Gasteiger partial charge is 0.391 e. The normalized spacial score (nSPS) is 19.2. The molecular formula is C18H39ClN2O4. The SMILES string of the molecule is CC(N)COC(C)CCOC(C)C(C)COCC(C)NCC(O)CCl. The predicted octanol–water partition coefficient (Wildman–Crippen LogP) is 1.76. The smallest absolute Gasteiger partial charge is 0.0799 e. The zero-order chi connectivity index (χ0) is 19.2. The molecule has 4 N–H and O–H groups in total. The molecule has 152 valence electrons. The second-order valence-corrected chi connectivity index (χ2v) is 7.43. The fourth-order valence-corrected chi connectivity index (χ4v) is 2.11. The Morgan fingerprint density at radius 3 is 2.32 bits per heavy atom. The minimum Gasteiger partial charge on any atom is -0.391 e. The highest BCUT2D eigenvalue weighted by Gasteiger charge is 2.15. The van der Waals surface area contributed by atoms with Crippen molar-refractivity contribution in [2.45, 2.75) is 71.4 Å². The Morgan fingerprint density at radius 1 is 1.04 bits per heavy atom. The lowest BCUT2D eigenvalue weighted by Gasteiger charge is -2.23. The van der Waals surface area contributed by atoms with Crippen LogP contribution in [-0.4, -0.2) is 74.4 Å². The lowest BCUT2D eigenvalue weighted by atomic mass is 10.1. The van der Waals surface area contributed by atoms with Gasteiger partial charge in [0.05, 0.1) is 38.1 Å². The number of aliphatic hydroxyl groups is 1. The van der Waals surface area contributed by atoms with E-state index in [4.69, 9.17) is 31.5 Å². The van der Waals surface area contributed by atoms with E-state index >= 15 is 0 Å². The number of halogens is 1. The molecule has 0 fully saturated rings. The maximum atomic E-state index is 9.41. The number of alkyl halides is 1. The first-order valence-corrected chi connectivity index (χ1v) is 9.83. The fourth-order valence-electron chi connectivity index (χ4n) is 2.00. The summed E-state index contributed by atoms with van der Waals surface area (Å²) in [6, 6.07) is 0.235. The molecular weight excluding hydrogens is 344 g/mol. The Hall–Kier alpha value is 0.0500. The number of aliphatic hydroxyl groups excluding tert-OH is 1. The van der Waals surface area contributed by atoms with Crippen LogP contribution in [0.15, 0.2) is 0 Å². The van der Waals surface area contributed by atoms with E-state index in [2.05, 4.69) is 19.2 Å². The summed E-state index contributed by atoms with van der Waals surface area (Å²) in [4.78, 5) is 0. The molecule has 0 aliphatic heterocycles. The van der Waals surface area contributed by atoms with Crippen LogP contribution in [0.4, 0.5) is 0 Å². The minimum atomic E-state index is -0.518. The number of hydrogen-bond donors (Lipinski definition) is 3. The summed E-state index contributed by atoms with van der Waals surface area (Å²) in [6.07, 6.45) is 0.618. The quantitative estimate of drug-likeness (QED) is 0.353. The molecule has 0 radical (unpaired) electrons. The number of nitrogens with two attached hydrogens (primary N) is 1. The zero-order valence-electron chi connectivity index (χ0n) is 16.5. The minimum absolute atomic E-state index is 0.0644. The van der Waals surface area contributed by atoms with Crippen LogP contribution in [0.5, 0.6) is 0 Å². The van der Waals surface area contributed by atoms with Crippen molar-refractivity contribution in [3.8, 4) is 0 Å². The first kappa shape index (κ1) is 25.1. The van der Waals surface area contributed by atoms with Crippen LogP contribution in [0.3, 0.4) is 0 Å². The van der Waals surface area contributed by atoms with Crippen LogP contribution in [0, 0.1) is 5.92 Å². The Labute approximate surface area is 158 Å². The molecule has 0 amide bonds. The van der Waals surface area contributed by atoms with Gasteiger partial charge in [0.1, 0.15) is 0 Å². The van der Waals surface area contributed by atoms with E-state index in [-0.39, 0.29) is 30.2 Å². The highest BCUT2D eigenvalue weighted by Crippen LogP contribution is 2.09. The first-order valence-electron chi connectivity index (χ1n) is 9.30. The second-order valence-electron chi connectivity index (χ2n) is 7.12. The van der Waals surface area contributed by atoms with E-state index in [1.54, 1.807) is 0 Å². The monoisotopic (exact) mass is 382 g/mol. The Bertz CT molecular complexity index is 311. The van der Waals surface area contributed by atoms with Crippen molar-refractivity contribution < 1.29 is 19.3 Å². The Kier molecular flexibility index (Phi) is 15.2. The number of ether oxygens (including phenoxy) is 3. The average Bonchev–Trinajstić information content (AvgIpc) is 2.57. The number of rotatable bonds is 16. The van der Waals surface area contributed by atoms with Crippen LogP contribution in [0.2, 0.25) is 0 Å². The van der Waals surface area contributed by atoms with Crippen molar-refractivity contribution in [1.29, 1.82) is 0 Å². The highest BCUT2D eigenvalue weighted by atomic mass is 35.5. The summed E-state index contributed by atoms with van der Waals surface area (Å²) < 4.78 is 17.2. The zero-order valence-corrected chi connectivity index (χ0v) is 17.3. The van der Waals surface area contributed by atoms with Crippen LogP contribution >= 0.6 is 11.6 Å². The molecule has 0 aromatic carbocycles. The molecule has 25 heavy (non-hydrogen) atoms. The van der Waals surface area contributed by atoms with Crippen molar-refractivity contribution in [1.82, 2.24) is 5.32 Å². The van der Waals surface area contributed by atoms with Gasteiger partial charge in [-0.1, -0.05) is 6.92 Å². The lowest BCUT2D eigenvalue weighted by Crippen LogP contribution is -2.37. The molecule has 6 unspecified atom stereocenters. The predicted molar refractivity (Wildman–Crippen MR) is 103 cm³/mol. The summed E-state index contributed by atoms with van der Waals surface area (Å²) in [6.45, 7) is 13.1.